The van der Waals surface area contributed by atoms with Gasteiger partial charge < -0.3 is 5.41 Å². The number of rotatable bonds is 6. The van der Waals surface area contributed by atoms with Crippen LogP contribution < -0.4 is 0 Å². The molecule has 2 atom stereocenters. The van der Waals surface area contributed by atoms with E-state index in [0.717, 1.165) is 5.56 Å². The van der Waals surface area contributed by atoms with Crippen LogP contribution in [0.15, 0.2) is 60.7 Å². The molecule has 0 fully saturated rings. The van der Waals surface area contributed by atoms with Gasteiger partial charge in [-0.05, 0) is 59.7 Å². The first-order chi connectivity index (χ1) is 13.9. The lowest BCUT2D eigenvalue weighted by molar-refractivity contribution is 0.858. The zero-order valence-electron chi connectivity index (χ0n) is 18.0. The minimum absolute atomic E-state index is 0.146. The topological polar surface area (TPSA) is 47.7 Å². The van der Waals surface area contributed by atoms with Crippen LogP contribution in [-0.4, -0.2) is 11.9 Å². The quantitative estimate of drug-likeness (QED) is 0.434. The number of nitrogens with one attached hydrogen (secondary N) is 2. The summed E-state index contributed by atoms with van der Waals surface area (Å²) in [6.45, 7) is 10.9. The van der Waals surface area contributed by atoms with E-state index in [-0.39, 0.29) is 17.5 Å². The molecule has 0 aliphatic rings. The highest BCUT2D eigenvalue weighted by atomic mass is 14.5. The first-order valence-electron chi connectivity index (χ1n) is 10.2. The lowest BCUT2D eigenvalue weighted by Crippen LogP contribution is -2.18. The van der Waals surface area contributed by atoms with Gasteiger partial charge in [-0.1, -0.05) is 74.5 Å². The van der Waals surface area contributed by atoms with E-state index >= 15 is 0 Å². The smallest absolute Gasteiger partial charge is 0.0793 e. The van der Waals surface area contributed by atoms with Gasteiger partial charge in [0, 0.05) is 23.6 Å². The van der Waals surface area contributed by atoms with Crippen molar-refractivity contribution in [3.8, 4) is 0 Å². The normalized spacial score (nSPS) is 13.0. The SMILES string of the molecule is Cc1c(C)c(C(C)c2ccccc2)c(C(=N)C=N)c(C(C)c2ccccc2)c1C. The first kappa shape index (κ1) is 20.7. The van der Waals surface area contributed by atoms with Crippen LogP contribution in [0.2, 0.25) is 0 Å². The second-order valence-electron chi connectivity index (χ2n) is 7.90. The summed E-state index contributed by atoms with van der Waals surface area (Å²) in [5, 5.41) is 16.6. The Morgan fingerprint density at radius 1 is 0.690 bits per heavy atom. The van der Waals surface area contributed by atoms with E-state index in [1.165, 1.54) is 45.2 Å². The second-order valence-corrected chi connectivity index (χ2v) is 7.90. The summed E-state index contributed by atoms with van der Waals surface area (Å²) in [5.74, 6) is 0.292. The number of hydrogen-bond donors (Lipinski definition) is 2. The minimum atomic E-state index is 0.146. The van der Waals surface area contributed by atoms with Crippen molar-refractivity contribution in [1.82, 2.24) is 0 Å². The highest BCUT2D eigenvalue weighted by molar-refractivity contribution is 6.37. The Morgan fingerprint density at radius 3 is 1.41 bits per heavy atom. The summed E-state index contributed by atoms with van der Waals surface area (Å²) >= 11 is 0. The highest BCUT2D eigenvalue weighted by Gasteiger charge is 2.27. The molecule has 0 radical (unpaired) electrons. The molecule has 148 valence electrons. The lowest BCUT2D eigenvalue weighted by atomic mass is 9.75. The molecule has 0 saturated carbocycles. The molecule has 0 spiro atoms. The van der Waals surface area contributed by atoms with Gasteiger partial charge in [0.05, 0.1) is 5.71 Å². The van der Waals surface area contributed by atoms with Crippen LogP contribution in [-0.2, 0) is 0 Å². The lowest BCUT2D eigenvalue weighted by Gasteiger charge is -2.29. The van der Waals surface area contributed by atoms with Crippen molar-refractivity contribution in [3.63, 3.8) is 0 Å². The standard InChI is InChI=1S/C27H30N2/c1-17-18(2)25(20(4)22-12-8-6-9-13-22)27(24(29)16-28)26(19(17)3)21(5)23-14-10-7-11-15-23/h6-16,20-21,28-29H,1-5H3. The molecule has 0 heterocycles. The van der Waals surface area contributed by atoms with Crippen molar-refractivity contribution in [2.75, 3.05) is 0 Å². The van der Waals surface area contributed by atoms with E-state index in [0.29, 0.717) is 0 Å². The molecule has 0 aromatic heterocycles. The molecule has 0 aliphatic heterocycles. The Balaban J connectivity index is 2.35. The van der Waals surface area contributed by atoms with Gasteiger partial charge in [-0.25, -0.2) is 0 Å². The summed E-state index contributed by atoms with van der Waals surface area (Å²) in [5.41, 5.74) is 9.75. The summed E-state index contributed by atoms with van der Waals surface area (Å²) in [6, 6.07) is 20.9. The zero-order valence-corrected chi connectivity index (χ0v) is 18.0. The van der Waals surface area contributed by atoms with Gasteiger partial charge in [-0.3, -0.25) is 5.41 Å². The predicted molar refractivity (Wildman–Crippen MR) is 124 cm³/mol. The third-order valence-electron chi connectivity index (χ3n) is 6.35. The van der Waals surface area contributed by atoms with Crippen LogP contribution in [0.4, 0.5) is 0 Å². The summed E-state index contributed by atoms with van der Waals surface area (Å²) in [4.78, 5) is 0. The fourth-order valence-electron chi connectivity index (χ4n) is 4.47. The Hall–Kier alpha value is -3.00. The van der Waals surface area contributed by atoms with Crippen molar-refractivity contribution >= 4 is 11.9 Å². The maximum atomic E-state index is 8.69. The van der Waals surface area contributed by atoms with Crippen LogP contribution in [0.3, 0.4) is 0 Å². The maximum absolute atomic E-state index is 8.69. The minimum Gasteiger partial charge on any atom is -0.307 e. The number of benzene rings is 3. The maximum Gasteiger partial charge on any atom is 0.0793 e. The molecule has 2 nitrogen and oxygen atoms in total. The molecular weight excluding hydrogens is 352 g/mol. The molecule has 0 bridgehead atoms. The predicted octanol–water partition coefficient (Wildman–Crippen LogP) is 6.93. The monoisotopic (exact) mass is 382 g/mol. The van der Waals surface area contributed by atoms with E-state index in [2.05, 4.69) is 83.1 Å². The molecule has 0 saturated heterocycles. The largest absolute Gasteiger partial charge is 0.307 e. The van der Waals surface area contributed by atoms with Gasteiger partial charge in [0.2, 0.25) is 0 Å². The molecule has 2 N–H and O–H groups in total. The summed E-state index contributed by atoms with van der Waals surface area (Å²) in [6.07, 6.45) is 1.19. The van der Waals surface area contributed by atoms with Crippen LogP contribution in [0, 0.1) is 31.6 Å². The van der Waals surface area contributed by atoms with Gasteiger partial charge >= 0.3 is 0 Å². The van der Waals surface area contributed by atoms with Crippen LogP contribution in [0.5, 0.6) is 0 Å². The molecule has 2 unspecified atom stereocenters. The number of hydrogen-bond acceptors (Lipinski definition) is 2. The van der Waals surface area contributed by atoms with Crippen molar-refractivity contribution in [3.05, 3.63) is 105 Å². The van der Waals surface area contributed by atoms with Crippen molar-refractivity contribution in [2.24, 2.45) is 0 Å². The Morgan fingerprint density at radius 2 is 1.07 bits per heavy atom. The van der Waals surface area contributed by atoms with Crippen LogP contribution in [0.25, 0.3) is 0 Å². The molecule has 2 heteroatoms. The Bertz CT molecular complexity index is 961. The molecular formula is C27H30N2. The Kier molecular flexibility index (Phi) is 6.12. The van der Waals surface area contributed by atoms with Crippen LogP contribution >= 0.6 is 0 Å². The van der Waals surface area contributed by atoms with Gasteiger partial charge in [0.1, 0.15) is 0 Å². The van der Waals surface area contributed by atoms with Crippen molar-refractivity contribution in [2.45, 2.75) is 46.5 Å². The third-order valence-corrected chi connectivity index (χ3v) is 6.35. The fraction of sp³-hybridized carbons (Fsp3) is 0.259. The van der Waals surface area contributed by atoms with Gasteiger partial charge in [-0.2, -0.15) is 0 Å². The molecule has 3 aromatic rings. The highest BCUT2D eigenvalue weighted by Crippen LogP contribution is 2.40. The zero-order chi connectivity index (χ0) is 21.1. The fourth-order valence-corrected chi connectivity index (χ4v) is 4.47. The van der Waals surface area contributed by atoms with Crippen molar-refractivity contribution < 1.29 is 0 Å². The first-order valence-corrected chi connectivity index (χ1v) is 10.2. The van der Waals surface area contributed by atoms with Gasteiger partial charge in [-0.15, -0.1) is 0 Å². The molecule has 3 rings (SSSR count). The average molecular weight is 383 g/mol. The molecule has 0 amide bonds. The molecule has 29 heavy (non-hydrogen) atoms. The van der Waals surface area contributed by atoms with E-state index in [1.54, 1.807) is 0 Å². The third kappa shape index (κ3) is 3.80. The van der Waals surface area contributed by atoms with E-state index < -0.39 is 0 Å². The van der Waals surface area contributed by atoms with Crippen LogP contribution in [0.1, 0.15) is 70.2 Å². The Labute approximate surface area is 174 Å². The van der Waals surface area contributed by atoms with Crippen molar-refractivity contribution in [1.29, 1.82) is 10.8 Å². The van der Waals surface area contributed by atoms with Gasteiger partial charge in [0.15, 0.2) is 0 Å². The average Bonchev–Trinajstić information content (AvgIpc) is 2.77. The summed E-state index contributed by atoms with van der Waals surface area (Å²) in [7, 11) is 0. The molecule has 3 aromatic carbocycles. The molecule has 0 aliphatic carbocycles. The van der Waals surface area contributed by atoms with Gasteiger partial charge in [0.25, 0.3) is 0 Å². The van der Waals surface area contributed by atoms with E-state index in [9.17, 15) is 0 Å². The summed E-state index contributed by atoms with van der Waals surface area (Å²) < 4.78 is 0. The van der Waals surface area contributed by atoms with E-state index in [4.69, 9.17) is 10.8 Å². The second kappa shape index (κ2) is 8.57. The van der Waals surface area contributed by atoms with E-state index in [1.807, 2.05) is 12.1 Å².